The van der Waals surface area contributed by atoms with E-state index in [1.807, 2.05) is 4.72 Å². The Morgan fingerprint density at radius 3 is 2.07 bits per heavy atom. The van der Waals surface area contributed by atoms with Crippen LogP contribution < -0.4 is 19.9 Å². The summed E-state index contributed by atoms with van der Waals surface area (Å²) in [6.07, 6.45) is -13.6. The van der Waals surface area contributed by atoms with Gasteiger partial charge in [0.1, 0.15) is 58.9 Å². The molecule has 3 aromatic carbocycles. The number of hydrogen-bond donors (Lipinski definition) is 4. The van der Waals surface area contributed by atoms with Gasteiger partial charge in [-0.25, -0.2) is 35.2 Å². The van der Waals surface area contributed by atoms with E-state index in [1.165, 1.54) is 67.5 Å². The first kappa shape index (κ1) is 74.2. The van der Waals surface area contributed by atoms with E-state index in [4.69, 9.17) is 25.2 Å². The van der Waals surface area contributed by atoms with E-state index in [0.717, 1.165) is 42.7 Å². The first-order valence-corrected chi connectivity index (χ1v) is 34.6. The van der Waals surface area contributed by atoms with E-state index in [-0.39, 0.29) is 50.4 Å². The van der Waals surface area contributed by atoms with E-state index in [1.54, 1.807) is 6.92 Å². The number of benzene rings is 3. The van der Waals surface area contributed by atoms with E-state index >= 15 is 17.6 Å². The minimum absolute atomic E-state index is 0.0275. The highest BCUT2D eigenvalue weighted by Gasteiger charge is 2.68. The van der Waals surface area contributed by atoms with Crippen LogP contribution >= 0.6 is 19.4 Å². The van der Waals surface area contributed by atoms with Gasteiger partial charge < -0.3 is 20.3 Å². The summed E-state index contributed by atoms with van der Waals surface area (Å²) in [5.74, 6) is -10.4. The van der Waals surface area contributed by atoms with E-state index in [9.17, 15) is 72.0 Å². The maximum Gasteiger partial charge on any atom is 0.530 e. The molecule has 0 saturated heterocycles. The lowest BCUT2D eigenvalue weighted by atomic mass is 9.77. The molecule has 3 heterocycles. The number of aliphatic carboxylic acids is 1. The summed E-state index contributed by atoms with van der Waals surface area (Å²) in [5.41, 5.74) is -8.00. The Hall–Kier alpha value is -7.63. The van der Waals surface area contributed by atoms with Crippen LogP contribution in [0.2, 0.25) is 5.02 Å². The smallest absolute Gasteiger partial charge is 0.480 e. The average Bonchev–Trinajstić information content (AvgIpc) is 1.52. The number of phosphoric ester groups is 1. The van der Waals surface area contributed by atoms with Gasteiger partial charge in [-0.3, -0.25) is 42.3 Å². The molecule has 0 bridgehead atoms. The second-order valence-electron chi connectivity index (χ2n) is 25.0. The number of sulfone groups is 1. The Morgan fingerprint density at radius 1 is 0.865 bits per heavy atom. The van der Waals surface area contributed by atoms with Crippen LogP contribution in [0.5, 0.6) is 5.75 Å². The van der Waals surface area contributed by atoms with Gasteiger partial charge in [0.15, 0.2) is 15.5 Å². The Balaban J connectivity index is 1.24. The summed E-state index contributed by atoms with van der Waals surface area (Å²) in [4.78, 5) is 57.8. The fraction of sp³-hybridized carbons (Fsp3) is 0.459. The Morgan fingerprint density at radius 2 is 1.49 bits per heavy atom. The van der Waals surface area contributed by atoms with Gasteiger partial charge in [0.05, 0.1) is 46.6 Å². The molecule has 35 heteroatoms. The SMILES string of the molecule is Cc1cc(CC(=O)NCC(=O)O)c(C(C)(C)CC(=O)NS(=O)(=O)Cc2nn(CC(F)(F)F)c3c(-c4ccc(C#CC(C)(C)S(C)(=O)=O)nc4[C@H](Cc4cc(F)cc(F)c4)NC(=O)Cn4nc(C(F)(F)F)c5c4C(F)(F)[C@@H]4C[C@H]54)ccc(Cl)c23)c(OP(=O)(OC(C)C)OC(C)C)c1. The molecule has 2 aliphatic rings. The van der Waals surface area contributed by atoms with Crippen LogP contribution in [0.25, 0.3) is 22.0 Å². The highest BCUT2D eigenvalue weighted by Crippen LogP contribution is 2.68. The Labute approximate surface area is 548 Å². The van der Waals surface area contributed by atoms with Gasteiger partial charge in [0.2, 0.25) is 27.7 Å². The van der Waals surface area contributed by atoms with Gasteiger partial charge >= 0.3 is 26.1 Å². The van der Waals surface area contributed by atoms with Crippen LogP contribution in [0.3, 0.4) is 0 Å². The van der Waals surface area contributed by atoms with Crippen molar-refractivity contribution >= 4 is 73.9 Å². The highest BCUT2D eigenvalue weighted by molar-refractivity contribution is 7.92. The summed E-state index contributed by atoms with van der Waals surface area (Å²) < 4.78 is 236. The molecule has 8 rings (SSSR count). The Kier molecular flexibility index (Phi) is 20.9. The number of sulfonamides is 1. The highest BCUT2D eigenvalue weighted by atomic mass is 35.5. The van der Waals surface area contributed by atoms with Crippen LogP contribution in [0.4, 0.5) is 43.9 Å². The third-order valence-electron chi connectivity index (χ3n) is 15.3. The largest absolute Gasteiger partial charge is 0.530 e. The summed E-state index contributed by atoms with van der Waals surface area (Å²) in [6.45, 7) is 8.80. The lowest BCUT2D eigenvalue weighted by molar-refractivity contribution is -0.143. The van der Waals surface area contributed by atoms with Gasteiger partial charge in [0.25, 0.3) is 5.92 Å². The molecule has 520 valence electrons. The van der Waals surface area contributed by atoms with Crippen molar-refractivity contribution < 1.29 is 103 Å². The molecular formula is C61H64ClF10N8O13PS2. The van der Waals surface area contributed by atoms with Crippen molar-refractivity contribution in [1.82, 2.24) is 39.9 Å². The summed E-state index contributed by atoms with van der Waals surface area (Å²) in [6, 6.07) is 7.52. The maximum atomic E-state index is 15.8. The number of amides is 3. The number of pyridine rings is 1. The standard InChI is InChI=1S/C61H64ClF10N8O13PS2/c1-30(2)91-94(86,92-31(3)4)93-45-18-32(5)17-34(22-46(81)73-26-49(84)85)52(45)57(6,7)25-47(82)78-96(89,90)28-44-51-42(62)14-13-39(54(51)80(76-44)29-59(65,66)67)38-12-11-37(15-16-58(8,9)95(10,87)88)74-53(38)43(21-33-19-35(63)23-36(64)20-33)75-48(83)27-79-56-50(55(77-79)61(70,71)72)40-24-41(40)60(56,68)69/h11-14,17-20,23,30-31,40-41,43H,21-22,24-29H2,1-10H3,(H,73,81)(H,75,83)(H,78,82)(H,84,85)/t40-,41+,43-/m0/s1. The number of phosphoric acid groups is 1. The molecule has 4 N–H and O–H groups in total. The minimum atomic E-state index is -5.26. The molecule has 3 aromatic heterocycles. The monoisotopic (exact) mass is 1440 g/mol. The normalized spacial score (nSPS) is 16.0. The molecule has 0 radical (unpaired) electrons. The van der Waals surface area contributed by atoms with Gasteiger partial charge in [-0.2, -0.15) is 45.3 Å². The van der Waals surface area contributed by atoms with E-state index in [2.05, 4.69) is 37.7 Å². The van der Waals surface area contributed by atoms with Gasteiger partial charge in [-0.1, -0.05) is 43.5 Å². The zero-order chi connectivity index (χ0) is 71.5. The number of alkyl halides is 8. The van der Waals surface area contributed by atoms with Crippen molar-refractivity contribution in [2.75, 3.05) is 12.8 Å². The summed E-state index contributed by atoms with van der Waals surface area (Å²) in [7, 11) is -13.7. The number of hydrogen-bond acceptors (Lipinski definition) is 15. The first-order chi connectivity index (χ1) is 44.1. The van der Waals surface area contributed by atoms with E-state index in [0.29, 0.717) is 16.3 Å². The number of nitrogens with zero attached hydrogens (tertiary/aromatic N) is 5. The number of carbonyl (C=O) groups is 4. The number of rotatable bonds is 25. The lowest BCUT2D eigenvalue weighted by Gasteiger charge is -2.31. The predicted octanol–water partition coefficient (Wildman–Crippen LogP) is 11.0. The second kappa shape index (κ2) is 27.0. The quantitative estimate of drug-likeness (QED) is 0.0235. The van der Waals surface area contributed by atoms with Crippen LogP contribution in [0.15, 0.2) is 54.6 Å². The molecule has 96 heavy (non-hydrogen) atoms. The summed E-state index contributed by atoms with van der Waals surface area (Å²) >= 11 is 6.77. The van der Waals surface area contributed by atoms with Crippen LogP contribution in [-0.4, -0.2) is 106 Å². The third kappa shape index (κ3) is 17.2. The zero-order valence-corrected chi connectivity index (χ0v) is 56.0. The Bertz CT molecular complexity index is 4440. The van der Waals surface area contributed by atoms with Crippen molar-refractivity contribution in [2.24, 2.45) is 5.92 Å². The van der Waals surface area contributed by atoms with Crippen LogP contribution in [-0.2, 0) is 102 Å². The fourth-order valence-electron chi connectivity index (χ4n) is 11.3. The molecule has 1 saturated carbocycles. The maximum absolute atomic E-state index is 15.8. The topological polar surface area (TPSA) is 286 Å². The molecule has 6 aromatic rings. The van der Waals surface area contributed by atoms with Crippen molar-refractivity contribution in [3.8, 4) is 28.7 Å². The number of fused-ring (bicyclic) bond motifs is 4. The molecule has 0 spiro atoms. The minimum Gasteiger partial charge on any atom is -0.480 e. The van der Waals surface area contributed by atoms with Crippen molar-refractivity contribution in [1.29, 1.82) is 0 Å². The van der Waals surface area contributed by atoms with Gasteiger partial charge in [0, 0.05) is 57.7 Å². The molecule has 3 atom stereocenters. The fourth-order valence-corrected chi connectivity index (χ4v) is 14.4. The van der Waals surface area contributed by atoms with Crippen molar-refractivity contribution in [3.63, 3.8) is 0 Å². The molecule has 1 fully saturated rings. The molecule has 2 aliphatic carbocycles. The average molecular weight is 1440 g/mol. The van der Waals surface area contributed by atoms with Gasteiger partial charge in [-0.05, 0) is 126 Å². The number of aryl methyl sites for hydroxylation is 1. The predicted molar refractivity (Wildman–Crippen MR) is 327 cm³/mol. The zero-order valence-electron chi connectivity index (χ0n) is 52.7. The number of aromatic nitrogens is 5. The number of carboxylic acids is 1. The van der Waals surface area contributed by atoms with E-state index < -0.39 is 210 Å². The number of nitrogens with one attached hydrogen (secondary N) is 3. The number of halogens is 11. The number of carbonyl (C=O) groups excluding carboxylic acids is 3. The molecule has 0 unspecified atom stereocenters. The van der Waals surface area contributed by atoms with Crippen molar-refractivity contribution in [3.05, 3.63) is 128 Å². The molecule has 21 nitrogen and oxygen atoms in total. The lowest BCUT2D eigenvalue weighted by Crippen LogP contribution is -2.37. The third-order valence-corrected chi connectivity index (χ3v) is 20.5. The van der Waals surface area contributed by atoms with Crippen LogP contribution in [0, 0.1) is 36.3 Å². The second-order valence-corrected chi connectivity index (χ2v) is 31.2. The van der Waals surface area contributed by atoms with Crippen LogP contribution in [0.1, 0.15) is 136 Å². The van der Waals surface area contributed by atoms with Crippen molar-refractivity contribution in [2.45, 2.75) is 159 Å². The molecule has 3 amide bonds. The van der Waals surface area contributed by atoms with Gasteiger partial charge in [-0.15, -0.1) is 0 Å². The summed E-state index contributed by atoms with van der Waals surface area (Å²) in [5, 5.41) is 20.4. The first-order valence-electron chi connectivity index (χ1n) is 29.2. The molecule has 0 aliphatic heterocycles. The number of carboxylic acid groups (broad SMARTS) is 1. The molecular weight excluding hydrogens is 1370 g/mol.